The molecule has 0 fully saturated rings. The second-order valence-electron chi connectivity index (χ2n) is 4.79. The molecule has 21 heavy (non-hydrogen) atoms. The van der Waals surface area contributed by atoms with Crippen LogP contribution in [0.1, 0.15) is 18.6 Å². The zero-order chi connectivity index (χ0) is 14.8. The number of fused-ring (bicyclic) bond motifs is 1. The first-order valence-corrected chi connectivity index (χ1v) is 7.02. The van der Waals surface area contributed by atoms with E-state index < -0.39 is 6.10 Å². The Kier molecular flexibility index (Phi) is 3.78. The van der Waals surface area contributed by atoms with Crippen molar-refractivity contribution < 1.29 is 9.84 Å². The van der Waals surface area contributed by atoms with Crippen LogP contribution in [0.5, 0.6) is 11.5 Å². The van der Waals surface area contributed by atoms with Crippen LogP contribution in [0.15, 0.2) is 54.7 Å². The predicted octanol–water partition coefficient (Wildman–Crippen LogP) is 4.73. The van der Waals surface area contributed by atoms with Gasteiger partial charge >= 0.3 is 0 Å². The summed E-state index contributed by atoms with van der Waals surface area (Å²) in [7, 11) is 0. The van der Waals surface area contributed by atoms with Crippen molar-refractivity contribution in [2.75, 3.05) is 0 Å². The Morgan fingerprint density at radius 1 is 1.10 bits per heavy atom. The zero-order valence-corrected chi connectivity index (χ0v) is 12.2. The van der Waals surface area contributed by atoms with Crippen LogP contribution in [0.25, 0.3) is 10.9 Å². The first-order chi connectivity index (χ1) is 10.1. The minimum Gasteiger partial charge on any atom is -0.455 e. The molecule has 3 rings (SSSR count). The Morgan fingerprint density at radius 2 is 1.86 bits per heavy atom. The molecule has 1 N–H and O–H groups in total. The highest BCUT2D eigenvalue weighted by molar-refractivity contribution is 6.35. The van der Waals surface area contributed by atoms with E-state index in [9.17, 15) is 5.11 Å². The molecule has 0 bridgehead atoms. The molecule has 106 valence electrons. The molecule has 1 atom stereocenters. The second kappa shape index (κ2) is 5.72. The molecule has 3 nitrogen and oxygen atoms in total. The summed E-state index contributed by atoms with van der Waals surface area (Å²) in [5.74, 6) is 1.34. The van der Waals surface area contributed by atoms with Crippen LogP contribution in [0.3, 0.4) is 0 Å². The van der Waals surface area contributed by atoms with Gasteiger partial charge in [0.2, 0.25) is 0 Å². The fraction of sp³-hybridized carbons (Fsp3) is 0.118. The van der Waals surface area contributed by atoms with Gasteiger partial charge in [0.25, 0.3) is 0 Å². The van der Waals surface area contributed by atoms with Crippen LogP contribution in [0.2, 0.25) is 5.02 Å². The van der Waals surface area contributed by atoms with E-state index in [-0.39, 0.29) is 0 Å². The number of nitrogens with zero attached hydrogens (tertiary/aromatic N) is 1. The number of halogens is 1. The van der Waals surface area contributed by atoms with Gasteiger partial charge in [0, 0.05) is 11.6 Å². The molecule has 0 saturated heterocycles. The third kappa shape index (κ3) is 2.84. The third-order valence-corrected chi connectivity index (χ3v) is 3.60. The van der Waals surface area contributed by atoms with Gasteiger partial charge in [0.15, 0.2) is 5.75 Å². The number of hydrogen-bond donors (Lipinski definition) is 1. The first-order valence-electron chi connectivity index (χ1n) is 6.64. The van der Waals surface area contributed by atoms with Crippen molar-refractivity contribution in [2.24, 2.45) is 0 Å². The van der Waals surface area contributed by atoms with Crippen LogP contribution in [-0.4, -0.2) is 10.1 Å². The largest absolute Gasteiger partial charge is 0.455 e. The normalized spacial score (nSPS) is 12.3. The molecule has 0 aliphatic heterocycles. The average Bonchev–Trinajstić information content (AvgIpc) is 2.51. The van der Waals surface area contributed by atoms with Crippen molar-refractivity contribution in [1.29, 1.82) is 0 Å². The number of aromatic nitrogens is 1. The summed E-state index contributed by atoms with van der Waals surface area (Å²) < 4.78 is 5.88. The molecule has 0 saturated carbocycles. The molecule has 0 spiro atoms. The number of aliphatic hydroxyl groups excluding tert-OH is 1. The summed E-state index contributed by atoms with van der Waals surface area (Å²) >= 11 is 6.16. The number of benzene rings is 2. The summed E-state index contributed by atoms with van der Waals surface area (Å²) in [6, 6.07) is 14.7. The van der Waals surface area contributed by atoms with Gasteiger partial charge < -0.3 is 9.84 Å². The van der Waals surface area contributed by atoms with Gasteiger partial charge in [-0.3, -0.25) is 4.98 Å². The van der Waals surface area contributed by atoms with E-state index in [1.165, 1.54) is 0 Å². The minimum atomic E-state index is -0.489. The lowest BCUT2D eigenvalue weighted by atomic mass is 10.1. The van der Waals surface area contributed by atoms with Crippen molar-refractivity contribution in [3.8, 4) is 11.5 Å². The Morgan fingerprint density at radius 3 is 2.57 bits per heavy atom. The first kappa shape index (κ1) is 13.9. The van der Waals surface area contributed by atoms with Gasteiger partial charge in [-0.2, -0.15) is 0 Å². The van der Waals surface area contributed by atoms with Crippen molar-refractivity contribution in [3.63, 3.8) is 0 Å². The van der Waals surface area contributed by atoms with E-state index >= 15 is 0 Å². The van der Waals surface area contributed by atoms with Gasteiger partial charge in [-0.25, -0.2) is 0 Å². The Hall–Kier alpha value is -2.10. The van der Waals surface area contributed by atoms with Crippen molar-refractivity contribution in [2.45, 2.75) is 13.0 Å². The van der Waals surface area contributed by atoms with Crippen LogP contribution in [0.4, 0.5) is 0 Å². The monoisotopic (exact) mass is 299 g/mol. The molecular formula is C17H14ClNO2. The Labute approximate surface area is 127 Å². The average molecular weight is 300 g/mol. The molecule has 0 radical (unpaired) electrons. The van der Waals surface area contributed by atoms with Crippen LogP contribution in [0, 0.1) is 0 Å². The van der Waals surface area contributed by atoms with Gasteiger partial charge in [-0.1, -0.05) is 23.7 Å². The van der Waals surface area contributed by atoms with E-state index in [1.54, 1.807) is 25.3 Å². The molecule has 3 aromatic rings. The van der Waals surface area contributed by atoms with Gasteiger partial charge in [-0.15, -0.1) is 0 Å². The Balaban J connectivity index is 1.96. The number of ether oxygens (including phenoxy) is 1. The van der Waals surface area contributed by atoms with E-state index in [0.29, 0.717) is 16.5 Å². The van der Waals surface area contributed by atoms with Crippen LogP contribution >= 0.6 is 11.6 Å². The smallest absolute Gasteiger partial charge is 0.153 e. The topological polar surface area (TPSA) is 42.4 Å². The van der Waals surface area contributed by atoms with E-state index in [2.05, 4.69) is 4.98 Å². The van der Waals surface area contributed by atoms with Crippen LogP contribution < -0.4 is 4.74 Å². The lowest BCUT2D eigenvalue weighted by molar-refractivity contribution is 0.199. The van der Waals surface area contributed by atoms with Crippen molar-refractivity contribution in [1.82, 2.24) is 4.98 Å². The molecular weight excluding hydrogens is 286 g/mol. The fourth-order valence-electron chi connectivity index (χ4n) is 2.14. The molecule has 2 aromatic carbocycles. The van der Waals surface area contributed by atoms with Gasteiger partial charge in [0.1, 0.15) is 11.3 Å². The maximum atomic E-state index is 9.51. The van der Waals surface area contributed by atoms with E-state index in [1.807, 2.05) is 36.4 Å². The highest BCUT2D eigenvalue weighted by Crippen LogP contribution is 2.32. The summed E-state index contributed by atoms with van der Waals surface area (Å²) in [5, 5.41) is 11.0. The van der Waals surface area contributed by atoms with Crippen LogP contribution in [-0.2, 0) is 0 Å². The number of pyridine rings is 1. The quantitative estimate of drug-likeness (QED) is 0.760. The summed E-state index contributed by atoms with van der Waals surface area (Å²) in [4.78, 5) is 4.33. The highest BCUT2D eigenvalue weighted by atomic mass is 35.5. The Bertz CT molecular complexity index is 769. The molecule has 1 heterocycles. The molecule has 0 aliphatic carbocycles. The molecule has 0 aliphatic rings. The summed E-state index contributed by atoms with van der Waals surface area (Å²) in [6.07, 6.45) is 1.22. The standard InChI is InChI=1S/C17H14ClNO2/c1-11(20)12-4-6-13(7-5-12)21-16-9-8-15(18)14-3-2-10-19-17(14)16/h2-11,20H,1H3. The van der Waals surface area contributed by atoms with Gasteiger partial charge in [-0.05, 0) is 48.9 Å². The zero-order valence-electron chi connectivity index (χ0n) is 11.5. The SMILES string of the molecule is CC(O)c1ccc(Oc2ccc(Cl)c3cccnc23)cc1. The minimum absolute atomic E-state index is 0.489. The lowest BCUT2D eigenvalue weighted by Crippen LogP contribution is -1.92. The predicted molar refractivity (Wildman–Crippen MR) is 83.9 cm³/mol. The molecule has 1 unspecified atom stereocenters. The van der Waals surface area contributed by atoms with E-state index in [0.717, 1.165) is 16.5 Å². The number of rotatable bonds is 3. The highest BCUT2D eigenvalue weighted by Gasteiger charge is 2.08. The fourth-order valence-corrected chi connectivity index (χ4v) is 2.35. The maximum absolute atomic E-state index is 9.51. The van der Waals surface area contributed by atoms with Crippen molar-refractivity contribution >= 4 is 22.5 Å². The lowest BCUT2D eigenvalue weighted by Gasteiger charge is -2.10. The summed E-state index contributed by atoms with van der Waals surface area (Å²) in [6.45, 7) is 1.73. The number of aliphatic hydroxyl groups is 1. The molecule has 4 heteroatoms. The third-order valence-electron chi connectivity index (χ3n) is 3.27. The summed E-state index contributed by atoms with van der Waals surface area (Å²) in [5.41, 5.74) is 1.58. The second-order valence-corrected chi connectivity index (χ2v) is 5.20. The maximum Gasteiger partial charge on any atom is 0.153 e. The molecule has 1 aromatic heterocycles. The molecule has 0 amide bonds. The van der Waals surface area contributed by atoms with Crippen molar-refractivity contribution in [3.05, 3.63) is 65.3 Å². The van der Waals surface area contributed by atoms with Gasteiger partial charge in [0.05, 0.1) is 11.1 Å². The number of hydrogen-bond acceptors (Lipinski definition) is 3. The van der Waals surface area contributed by atoms with E-state index in [4.69, 9.17) is 16.3 Å².